The van der Waals surface area contributed by atoms with E-state index in [1.54, 1.807) is 20.8 Å². The highest BCUT2D eigenvalue weighted by Gasteiger charge is 2.39. The lowest BCUT2D eigenvalue weighted by molar-refractivity contribution is -0.308. The second kappa shape index (κ2) is 8.85. The summed E-state index contributed by atoms with van der Waals surface area (Å²) in [6.07, 6.45) is -4.67. The van der Waals surface area contributed by atoms with E-state index in [1.165, 1.54) is 24.3 Å². The Labute approximate surface area is 162 Å². The molecular weight excluding hydrogens is 440 g/mol. The molecule has 1 aromatic carbocycles. The monoisotopic (exact) mass is 456 g/mol. The SMILES string of the molecule is CC(C)(C)OC(=O)N[C@@H](Cc1ccc(OC(F)(F)[C@@H](Cl)Br)cc1)C(=O)[O-]. The Morgan fingerprint density at radius 2 is 1.81 bits per heavy atom. The molecule has 0 unspecified atom stereocenters. The molecule has 1 rings (SSSR count). The van der Waals surface area contributed by atoms with Crippen molar-refractivity contribution >= 4 is 39.6 Å². The van der Waals surface area contributed by atoms with Gasteiger partial charge in [-0.05, 0) is 44.9 Å². The van der Waals surface area contributed by atoms with Gasteiger partial charge < -0.3 is 24.7 Å². The molecule has 0 radical (unpaired) electrons. The Bertz CT molecular complexity index is 635. The zero-order chi connectivity index (χ0) is 20.1. The summed E-state index contributed by atoms with van der Waals surface area (Å²) in [4.78, 5) is 22.9. The lowest BCUT2D eigenvalue weighted by Crippen LogP contribution is -2.50. The first-order chi connectivity index (χ1) is 11.8. The molecule has 0 aliphatic rings. The normalized spacial score (nSPS) is 14.3. The minimum atomic E-state index is -3.63. The van der Waals surface area contributed by atoms with Gasteiger partial charge in [-0.1, -0.05) is 39.7 Å². The van der Waals surface area contributed by atoms with Gasteiger partial charge in [-0.15, -0.1) is 0 Å². The summed E-state index contributed by atoms with van der Waals surface area (Å²) in [7, 11) is 0. The molecule has 26 heavy (non-hydrogen) atoms. The van der Waals surface area contributed by atoms with Crippen LogP contribution in [0.4, 0.5) is 13.6 Å². The van der Waals surface area contributed by atoms with E-state index in [9.17, 15) is 23.5 Å². The summed E-state index contributed by atoms with van der Waals surface area (Å²) in [5.74, 6) is -1.67. The molecule has 146 valence electrons. The highest BCUT2D eigenvalue weighted by molar-refractivity contribution is 9.10. The van der Waals surface area contributed by atoms with Crippen molar-refractivity contribution in [2.75, 3.05) is 0 Å². The third kappa shape index (κ3) is 7.74. The highest BCUT2D eigenvalue weighted by Crippen LogP contribution is 2.31. The van der Waals surface area contributed by atoms with Crippen LogP contribution in [0.1, 0.15) is 26.3 Å². The second-order valence-corrected chi connectivity index (χ2v) is 8.21. The van der Waals surface area contributed by atoms with Crippen LogP contribution in [0.3, 0.4) is 0 Å². The fourth-order valence-electron chi connectivity index (χ4n) is 1.77. The van der Waals surface area contributed by atoms with Crippen molar-refractivity contribution in [1.29, 1.82) is 0 Å². The van der Waals surface area contributed by atoms with E-state index in [0.717, 1.165) is 0 Å². The number of carbonyl (C=O) groups excluding carboxylic acids is 2. The molecule has 2 atom stereocenters. The summed E-state index contributed by atoms with van der Waals surface area (Å²) in [5, 5.41) is 13.4. The number of alkyl halides is 4. The van der Waals surface area contributed by atoms with Crippen molar-refractivity contribution in [2.24, 2.45) is 0 Å². The molecule has 0 spiro atoms. The first kappa shape index (κ1) is 22.4. The highest BCUT2D eigenvalue weighted by atomic mass is 79.9. The number of benzene rings is 1. The number of nitrogens with one attached hydrogen (secondary N) is 1. The Morgan fingerprint density at radius 3 is 2.23 bits per heavy atom. The molecule has 1 amide bonds. The molecule has 10 heteroatoms. The molecule has 0 fully saturated rings. The zero-order valence-electron chi connectivity index (χ0n) is 14.2. The summed E-state index contributed by atoms with van der Waals surface area (Å²) in [6.45, 7) is 4.90. The van der Waals surface area contributed by atoms with E-state index in [2.05, 4.69) is 26.0 Å². The maximum Gasteiger partial charge on any atom is 0.424 e. The van der Waals surface area contributed by atoms with Crippen LogP contribution in [0.25, 0.3) is 0 Å². The van der Waals surface area contributed by atoms with E-state index in [0.29, 0.717) is 5.56 Å². The first-order valence-corrected chi connectivity index (χ1v) is 8.79. The van der Waals surface area contributed by atoms with Gasteiger partial charge in [0.15, 0.2) is 4.29 Å². The number of aliphatic carboxylic acids is 1. The maximum atomic E-state index is 13.4. The van der Waals surface area contributed by atoms with Crippen LogP contribution in [0.2, 0.25) is 0 Å². The average molecular weight is 458 g/mol. The van der Waals surface area contributed by atoms with E-state index in [4.69, 9.17) is 16.3 Å². The topological polar surface area (TPSA) is 87.7 Å². The van der Waals surface area contributed by atoms with Crippen LogP contribution < -0.4 is 15.2 Å². The predicted molar refractivity (Wildman–Crippen MR) is 92.5 cm³/mol. The Balaban J connectivity index is 2.75. The molecule has 0 aliphatic heterocycles. The fourth-order valence-corrected chi connectivity index (χ4v) is 1.91. The minimum Gasteiger partial charge on any atom is -0.548 e. The average Bonchev–Trinajstić information content (AvgIpc) is 2.46. The number of carbonyl (C=O) groups is 2. The summed E-state index contributed by atoms with van der Waals surface area (Å²) in [5.41, 5.74) is -0.340. The lowest BCUT2D eigenvalue weighted by atomic mass is 10.1. The number of hydrogen-bond donors (Lipinski definition) is 1. The van der Waals surface area contributed by atoms with Gasteiger partial charge in [-0.2, -0.15) is 8.78 Å². The van der Waals surface area contributed by atoms with Crippen molar-refractivity contribution in [2.45, 2.75) is 49.2 Å². The van der Waals surface area contributed by atoms with E-state index < -0.39 is 34.1 Å². The van der Waals surface area contributed by atoms with Gasteiger partial charge in [-0.3, -0.25) is 0 Å². The lowest BCUT2D eigenvalue weighted by Gasteiger charge is -2.24. The van der Waals surface area contributed by atoms with Gasteiger partial charge in [-0.25, -0.2) is 4.79 Å². The second-order valence-electron chi connectivity index (χ2n) is 6.33. The number of hydrogen-bond acceptors (Lipinski definition) is 5. The number of carboxylic acid groups (broad SMARTS) is 1. The quantitative estimate of drug-likeness (QED) is 0.636. The fraction of sp³-hybridized carbons (Fsp3) is 0.500. The summed E-state index contributed by atoms with van der Waals surface area (Å²) >= 11 is 7.79. The van der Waals surface area contributed by atoms with E-state index in [-0.39, 0.29) is 12.2 Å². The number of halogens is 4. The van der Waals surface area contributed by atoms with Crippen LogP contribution in [0.15, 0.2) is 24.3 Å². The van der Waals surface area contributed by atoms with Gasteiger partial charge in [0.2, 0.25) is 0 Å². The molecule has 0 saturated heterocycles. The van der Waals surface area contributed by atoms with Crippen molar-refractivity contribution in [1.82, 2.24) is 5.32 Å². The van der Waals surface area contributed by atoms with Crippen molar-refractivity contribution in [3.05, 3.63) is 29.8 Å². The number of ether oxygens (including phenoxy) is 2. The summed E-state index contributed by atoms with van der Waals surface area (Å²) in [6, 6.07) is 3.88. The molecule has 6 nitrogen and oxygen atoms in total. The number of carboxylic acids is 1. The van der Waals surface area contributed by atoms with Gasteiger partial charge in [0.1, 0.15) is 11.4 Å². The van der Waals surface area contributed by atoms with Crippen LogP contribution in [0.5, 0.6) is 5.75 Å². The standard InChI is InChI=1S/C16H19BrClF2NO5/c1-15(2,3)26-14(24)21-11(12(22)23)8-9-4-6-10(7-5-9)25-16(19,20)13(17)18/h4-7,11,13H,8H2,1-3H3,(H,21,24)(H,22,23)/p-1/t11-,13+/m0/s1. The summed E-state index contributed by atoms with van der Waals surface area (Å²) < 4.78 is 34.5. The van der Waals surface area contributed by atoms with Crippen LogP contribution in [-0.4, -0.2) is 34.1 Å². The van der Waals surface area contributed by atoms with E-state index >= 15 is 0 Å². The van der Waals surface area contributed by atoms with Gasteiger partial charge in [0.05, 0.1) is 12.0 Å². The molecule has 0 saturated carbocycles. The number of rotatable bonds is 7. The molecule has 0 bridgehead atoms. The molecule has 1 aromatic rings. The number of alkyl carbamates (subject to hydrolysis) is 1. The number of amides is 1. The maximum absolute atomic E-state index is 13.4. The Kier molecular flexibility index (Phi) is 7.64. The molecule has 0 aromatic heterocycles. The van der Waals surface area contributed by atoms with Crippen LogP contribution in [0, 0.1) is 0 Å². The van der Waals surface area contributed by atoms with Gasteiger partial charge >= 0.3 is 12.2 Å². The van der Waals surface area contributed by atoms with Crippen molar-refractivity contribution in [3.8, 4) is 5.75 Å². The minimum absolute atomic E-state index is 0.130. The smallest absolute Gasteiger partial charge is 0.424 e. The van der Waals surface area contributed by atoms with Gasteiger partial charge in [0, 0.05) is 0 Å². The van der Waals surface area contributed by atoms with Crippen molar-refractivity contribution < 1.29 is 33.0 Å². The first-order valence-electron chi connectivity index (χ1n) is 7.44. The zero-order valence-corrected chi connectivity index (χ0v) is 16.6. The largest absolute Gasteiger partial charge is 0.548 e. The molecular formula is C16H18BrClF2NO5-. The molecule has 0 aliphatic carbocycles. The molecule has 1 N–H and O–H groups in total. The third-order valence-electron chi connectivity index (χ3n) is 2.85. The molecule has 0 heterocycles. The van der Waals surface area contributed by atoms with E-state index in [1.807, 2.05) is 0 Å². The van der Waals surface area contributed by atoms with Gasteiger partial charge in [0.25, 0.3) is 0 Å². The van der Waals surface area contributed by atoms with Crippen LogP contribution in [-0.2, 0) is 16.0 Å². The van der Waals surface area contributed by atoms with Crippen molar-refractivity contribution in [3.63, 3.8) is 0 Å². The predicted octanol–water partition coefficient (Wildman–Crippen LogP) is 2.80. The van der Waals surface area contributed by atoms with Crippen LogP contribution >= 0.6 is 27.5 Å². The Morgan fingerprint density at radius 1 is 1.27 bits per heavy atom. The Hall–Kier alpha value is -1.61. The third-order valence-corrected chi connectivity index (χ3v) is 3.63.